The van der Waals surface area contributed by atoms with Crippen molar-refractivity contribution in [2.45, 2.75) is 6.92 Å². The van der Waals surface area contributed by atoms with Gasteiger partial charge in [-0.15, -0.1) is 0 Å². The van der Waals surface area contributed by atoms with E-state index in [0.717, 1.165) is 0 Å². The summed E-state index contributed by atoms with van der Waals surface area (Å²) in [6.07, 6.45) is 6.40. The highest BCUT2D eigenvalue weighted by Crippen LogP contribution is 1.75. The van der Waals surface area contributed by atoms with Gasteiger partial charge in [0.15, 0.2) is 5.78 Å². The fourth-order valence-electron chi connectivity index (χ4n) is 0.301. The summed E-state index contributed by atoms with van der Waals surface area (Å²) in [4.78, 5) is 19.8. The Balaban J connectivity index is 3.59. The Kier molecular flexibility index (Phi) is 4.32. The first-order valence-electron chi connectivity index (χ1n) is 2.56. The summed E-state index contributed by atoms with van der Waals surface area (Å²) in [5.74, 6) is -0.0226. The number of allylic oxidation sites excluding steroid dienone is 4. The average Bonchev–Trinajstić information content (AvgIpc) is 1.80. The Labute approximate surface area is 53.9 Å². The second-order valence-electron chi connectivity index (χ2n) is 1.49. The third-order valence-corrected chi connectivity index (χ3v) is 0.632. The van der Waals surface area contributed by atoms with Crippen LogP contribution in [0.15, 0.2) is 24.3 Å². The molecular weight excluding hydrogens is 116 g/mol. The van der Waals surface area contributed by atoms with Gasteiger partial charge >= 0.3 is 0 Å². The molecule has 2 heteroatoms. The lowest BCUT2D eigenvalue weighted by Crippen LogP contribution is -1.77. The van der Waals surface area contributed by atoms with Gasteiger partial charge in [0.05, 0.1) is 0 Å². The number of aldehydes is 1. The molecule has 0 unspecified atom stereocenters. The van der Waals surface area contributed by atoms with Crippen molar-refractivity contribution in [2.24, 2.45) is 0 Å². The largest absolute Gasteiger partial charge is 0.299 e. The molecule has 0 aliphatic carbocycles. The second-order valence-corrected chi connectivity index (χ2v) is 1.49. The fraction of sp³-hybridized carbons (Fsp3) is 0.143. The van der Waals surface area contributed by atoms with E-state index in [1.54, 1.807) is 0 Å². The second kappa shape index (κ2) is 4.97. The van der Waals surface area contributed by atoms with Crippen LogP contribution in [0.5, 0.6) is 0 Å². The van der Waals surface area contributed by atoms with Crippen LogP contribution in [0.3, 0.4) is 0 Å². The molecule has 0 N–H and O–H groups in total. The van der Waals surface area contributed by atoms with E-state index in [9.17, 15) is 9.59 Å². The normalized spacial score (nSPS) is 10.8. The molecular formula is C7H8O2. The molecule has 0 atom stereocenters. The van der Waals surface area contributed by atoms with Crippen LogP contribution >= 0.6 is 0 Å². The van der Waals surface area contributed by atoms with Crippen molar-refractivity contribution in [1.29, 1.82) is 0 Å². The van der Waals surface area contributed by atoms with E-state index in [1.807, 2.05) is 0 Å². The van der Waals surface area contributed by atoms with Gasteiger partial charge in [0.25, 0.3) is 0 Å². The lowest BCUT2D eigenvalue weighted by molar-refractivity contribution is -0.112. The molecule has 48 valence electrons. The van der Waals surface area contributed by atoms with Crippen molar-refractivity contribution in [3.05, 3.63) is 24.3 Å². The van der Waals surface area contributed by atoms with Crippen LogP contribution in [0.2, 0.25) is 0 Å². The van der Waals surface area contributed by atoms with Gasteiger partial charge in [-0.05, 0) is 19.1 Å². The molecule has 0 amide bonds. The Bertz CT molecular complexity index is 154. The van der Waals surface area contributed by atoms with E-state index >= 15 is 0 Å². The molecule has 0 fully saturated rings. The summed E-state index contributed by atoms with van der Waals surface area (Å²) < 4.78 is 0. The predicted octanol–water partition coefficient (Wildman–Crippen LogP) is 0.887. The summed E-state index contributed by atoms with van der Waals surface area (Å²) in [6.45, 7) is 1.45. The Morgan fingerprint density at radius 1 is 1.22 bits per heavy atom. The van der Waals surface area contributed by atoms with E-state index in [1.165, 1.54) is 31.2 Å². The van der Waals surface area contributed by atoms with Crippen LogP contribution < -0.4 is 0 Å². The number of ketones is 1. The minimum Gasteiger partial charge on any atom is -0.299 e. The van der Waals surface area contributed by atoms with Crippen molar-refractivity contribution in [1.82, 2.24) is 0 Å². The third kappa shape index (κ3) is 6.82. The first-order chi connectivity index (χ1) is 4.27. The Hall–Kier alpha value is -1.18. The van der Waals surface area contributed by atoms with E-state index in [-0.39, 0.29) is 5.78 Å². The van der Waals surface area contributed by atoms with Crippen LogP contribution in [0.1, 0.15) is 6.92 Å². The van der Waals surface area contributed by atoms with Gasteiger partial charge in [-0.3, -0.25) is 9.59 Å². The molecule has 0 heterocycles. The van der Waals surface area contributed by atoms with E-state index in [0.29, 0.717) is 6.29 Å². The molecule has 9 heavy (non-hydrogen) atoms. The molecule has 0 aliphatic rings. The molecule has 0 aromatic heterocycles. The average molecular weight is 124 g/mol. The van der Waals surface area contributed by atoms with Crippen molar-refractivity contribution in [3.63, 3.8) is 0 Å². The standard InChI is InChI=1S/C7H8O2/c1-7(9)5-3-2-4-6-8/h2-6H,1H3/b4-2-,5-3-. The summed E-state index contributed by atoms with van der Waals surface area (Å²) in [5, 5.41) is 0. The zero-order valence-corrected chi connectivity index (χ0v) is 5.20. The van der Waals surface area contributed by atoms with E-state index < -0.39 is 0 Å². The van der Waals surface area contributed by atoms with Gasteiger partial charge in [0.2, 0.25) is 0 Å². The van der Waals surface area contributed by atoms with Gasteiger partial charge in [0.1, 0.15) is 6.29 Å². The molecule has 0 saturated carbocycles. The molecule has 0 radical (unpaired) electrons. The highest BCUT2D eigenvalue weighted by molar-refractivity contribution is 5.87. The molecule has 2 nitrogen and oxygen atoms in total. The predicted molar refractivity (Wildman–Crippen MR) is 35.0 cm³/mol. The molecule has 0 bridgehead atoms. The third-order valence-electron chi connectivity index (χ3n) is 0.632. The topological polar surface area (TPSA) is 34.1 Å². The van der Waals surface area contributed by atoms with E-state index in [4.69, 9.17) is 0 Å². The molecule has 0 aromatic carbocycles. The molecule has 0 aromatic rings. The Morgan fingerprint density at radius 2 is 1.89 bits per heavy atom. The SMILES string of the molecule is CC(=O)/C=C\C=C/C=O. The minimum atomic E-state index is -0.0226. The first-order valence-corrected chi connectivity index (χ1v) is 2.56. The number of carbonyl (C=O) groups excluding carboxylic acids is 2. The molecule has 0 rings (SSSR count). The number of hydrogen-bond acceptors (Lipinski definition) is 2. The van der Waals surface area contributed by atoms with Gasteiger partial charge in [-0.2, -0.15) is 0 Å². The number of carbonyl (C=O) groups is 2. The number of hydrogen-bond donors (Lipinski definition) is 0. The smallest absolute Gasteiger partial charge is 0.152 e. The van der Waals surface area contributed by atoms with Crippen molar-refractivity contribution in [2.75, 3.05) is 0 Å². The van der Waals surface area contributed by atoms with Crippen molar-refractivity contribution >= 4 is 12.1 Å². The molecule has 0 spiro atoms. The van der Waals surface area contributed by atoms with Gasteiger partial charge in [0, 0.05) is 0 Å². The summed E-state index contributed by atoms with van der Waals surface area (Å²) in [7, 11) is 0. The maximum absolute atomic E-state index is 10.2. The zero-order chi connectivity index (χ0) is 7.11. The summed E-state index contributed by atoms with van der Waals surface area (Å²) in [6, 6.07) is 0. The first kappa shape index (κ1) is 7.82. The lowest BCUT2D eigenvalue weighted by Gasteiger charge is -1.71. The van der Waals surface area contributed by atoms with Gasteiger partial charge in [-0.25, -0.2) is 0 Å². The zero-order valence-electron chi connectivity index (χ0n) is 5.20. The number of rotatable bonds is 3. The van der Waals surface area contributed by atoms with Gasteiger partial charge < -0.3 is 0 Å². The van der Waals surface area contributed by atoms with E-state index in [2.05, 4.69) is 0 Å². The maximum Gasteiger partial charge on any atom is 0.152 e. The van der Waals surface area contributed by atoms with Crippen LogP contribution in [0.25, 0.3) is 0 Å². The van der Waals surface area contributed by atoms with Crippen molar-refractivity contribution < 1.29 is 9.59 Å². The fourth-order valence-corrected chi connectivity index (χ4v) is 0.301. The summed E-state index contributed by atoms with van der Waals surface area (Å²) >= 11 is 0. The monoisotopic (exact) mass is 124 g/mol. The van der Waals surface area contributed by atoms with Crippen LogP contribution in [0, 0.1) is 0 Å². The molecule has 0 aliphatic heterocycles. The highest BCUT2D eigenvalue weighted by atomic mass is 16.1. The summed E-state index contributed by atoms with van der Waals surface area (Å²) in [5.41, 5.74) is 0. The minimum absolute atomic E-state index is 0.0226. The Morgan fingerprint density at radius 3 is 2.33 bits per heavy atom. The van der Waals surface area contributed by atoms with Crippen LogP contribution in [-0.2, 0) is 9.59 Å². The van der Waals surface area contributed by atoms with Crippen LogP contribution in [-0.4, -0.2) is 12.1 Å². The highest BCUT2D eigenvalue weighted by Gasteiger charge is 1.75. The van der Waals surface area contributed by atoms with Gasteiger partial charge in [-0.1, -0.05) is 12.2 Å². The van der Waals surface area contributed by atoms with Crippen molar-refractivity contribution in [3.8, 4) is 0 Å². The lowest BCUT2D eigenvalue weighted by atomic mass is 10.4. The quantitative estimate of drug-likeness (QED) is 0.318. The maximum atomic E-state index is 10.2. The van der Waals surface area contributed by atoms with Crippen LogP contribution in [0.4, 0.5) is 0 Å². The molecule has 0 saturated heterocycles.